The Bertz CT molecular complexity index is 2490. The molecule has 4 N–H and O–H groups in total. The molecule has 4 rings (SSSR count). The third-order valence-electron chi connectivity index (χ3n) is 10.7. The molecule has 59 heavy (non-hydrogen) atoms. The van der Waals surface area contributed by atoms with Gasteiger partial charge in [-0.2, -0.15) is 29.8 Å². The van der Waals surface area contributed by atoms with Gasteiger partial charge in [-0.3, -0.25) is 18.5 Å². The van der Waals surface area contributed by atoms with Crippen molar-refractivity contribution in [1.29, 1.82) is 0 Å². The van der Waals surface area contributed by atoms with Crippen molar-refractivity contribution < 1.29 is 71.1 Å². The largest absolute Gasteiger partial charge is 0.744 e. The van der Waals surface area contributed by atoms with Crippen molar-refractivity contribution in [1.82, 2.24) is 0 Å². The zero-order chi connectivity index (χ0) is 44.0. The summed E-state index contributed by atoms with van der Waals surface area (Å²) in [4.78, 5) is 12.3. The predicted molar refractivity (Wildman–Crippen MR) is 218 cm³/mol. The Morgan fingerprint density at radius 1 is 0.797 bits per heavy atom. The average molecular weight is 903 g/mol. The zero-order valence-corrected chi connectivity index (χ0v) is 36.1. The van der Waals surface area contributed by atoms with Gasteiger partial charge < -0.3 is 19.3 Å². The van der Waals surface area contributed by atoms with Gasteiger partial charge in [0.05, 0.1) is 26.7 Å². The molecule has 0 saturated carbocycles. The smallest absolute Gasteiger partial charge is 0.303 e. The molecular weight excluding hydrogens is 853 g/mol. The molecule has 326 valence electrons. The summed E-state index contributed by atoms with van der Waals surface area (Å²) in [6.07, 6.45) is 10.6. The van der Waals surface area contributed by atoms with E-state index in [4.69, 9.17) is 9.84 Å². The Labute approximate surface area is 345 Å². The number of carboxylic acid groups (broad SMARTS) is 1. The summed E-state index contributed by atoms with van der Waals surface area (Å²) in [6, 6.07) is 8.07. The van der Waals surface area contributed by atoms with Gasteiger partial charge in [-0.15, -0.1) is 0 Å². The van der Waals surface area contributed by atoms with E-state index < -0.39 is 73.7 Å². The van der Waals surface area contributed by atoms with Crippen LogP contribution in [0.3, 0.4) is 0 Å². The zero-order valence-electron chi connectivity index (χ0n) is 32.9. The Balaban J connectivity index is 1.82. The van der Waals surface area contributed by atoms with E-state index in [0.29, 0.717) is 60.4 Å². The first-order chi connectivity index (χ1) is 27.3. The molecule has 0 fully saturated rings. The van der Waals surface area contributed by atoms with Crippen LogP contribution in [0.5, 0.6) is 0 Å². The number of benzene rings is 2. The van der Waals surface area contributed by atoms with Crippen molar-refractivity contribution in [2.24, 2.45) is 0 Å². The topological polar surface area (TPSA) is 273 Å². The number of hydrogen-bond donors (Lipinski definition) is 4. The molecule has 21 heteroatoms. The van der Waals surface area contributed by atoms with Crippen molar-refractivity contribution in [2.45, 2.75) is 85.8 Å². The van der Waals surface area contributed by atoms with Crippen molar-refractivity contribution in [3.63, 3.8) is 0 Å². The molecule has 2 aliphatic rings. The van der Waals surface area contributed by atoms with Gasteiger partial charge in [-0.25, -0.2) is 8.42 Å². The first kappa shape index (κ1) is 47.9. The third kappa shape index (κ3) is 12.2. The number of nitrogens with zero attached hydrogens (tertiary/aromatic N) is 2. The number of methoxy groups -OCH3 is 1. The Kier molecular flexibility index (Phi) is 15.3. The molecule has 0 amide bonds. The van der Waals surface area contributed by atoms with Crippen LogP contribution in [0.25, 0.3) is 0 Å². The highest BCUT2D eigenvalue weighted by Crippen LogP contribution is 2.51. The maximum absolute atomic E-state index is 12.2. The van der Waals surface area contributed by atoms with E-state index >= 15 is 0 Å². The van der Waals surface area contributed by atoms with Crippen LogP contribution < -0.4 is 4.90 Å². The lowest BCUT2D eigenvalue weighted by Crippen LogP contribution is -2.32. The summed E-state index contributed by atoms with van der Waals surface area (Å²) in [6.45, 7) is 4.38. The number of carboxylic acids is 1. The number of aliphatic carboxylic acids is 1. The number of anilines is 1. The molecule has 0 aromatic heterocycles. The number of fused-ring (bicyclic) bond motifs is 2. The van der Waals surface area contributed by atoms with E-state index in [1.165, 1.54) is 31.4 Å². The molecule has 0 spiro atoms. The van der Waals surface area contributed by atoms with Crippen molar-refractivity contribution in [2.75, 3.05) is 43.2 Å². The summed E-state index contributed by atoms with van der Waals surface area (Å²) in [5, 5.41) is 9.10. The Morgan fingerprint density at radius 2 is 1.44 bits per heavy atom. The van der Waals surface area contributed by atoms with Crippen LogP contribution in [0.2, 0.25) is 0 Å². The van der Waals surface area contributed by atoms with Crippen LogP contribution in [0, 0.1) is 0 Å². The second kappa shape index (κ2) is 18.9. The summed E-state index contributed by atoms with van der Waals surface area (Å²) < 4.78 is 143. The molecule has 0 saturated heterocycles. The van der Waals surface area contributed by atoms with Crippen LogP contribution in [0.4, 0.5) is 11.4 Å². The molecule has 2 heterocycles. The summed E-state index contributed by atoms with van der Waals surface area (Å²) in [5.74, 6) is -2.11. The maximum atomic E-state index is 12.2. The first-order valence-corrected chi connectivity index (χ1v) is 24.7. The maximum Gasteiger partial charge on any atom is 0.303 e. The predicted octanol–water partition coefficient (Wildman–Crippen LogP) is 4.60. The average Bonchev–Trinajstić information content (AvgIpc) is 3.48. The van der Waals surface area contributed by atoms with Gasteiger partial charge in [0.25, 0.3) is 30.4 Å². The molecule has 0 aliphatic carbocycles. The van der Waals surface area contributed by atoms with Gasteiger partial charge in [0.2, 0.25) is 5.69 Å². The lowest BCUT2D eigenvalue weighted by Gasteiger charge is -2.30. The fourth-order valence-corrected chi connectivity index (χ4v) is 9.79. The standard InChI is InChI=1S/C38H50N2O15S4/c1-37(19-10-24-56(43,44)45)30-26-28(58(49,50)51)15-17-32(30)40(22-11-25-57(46,47)48)34(37)12-6-4-7-13-35-38(2,20-23-55-3)31-27-29(59(52,53)54)16-18-33(31)39(35)21-9-5-8-14-36(41)42/h4,6-7,12-13,15-18,26-27H,5,8-11,14,19-25H2,1-3H3,(H4-,41,42,43,44,45,46,47,48,49,50,51,52,53,54). The minimum Gasteiger partial charge on any atom is -0.744 e. The van der Waals surface area contributed by atoms with E-state index in [9.17, 15) is 56.7 Å². The van der Waals surface area contributed by atoms with Crippen LogP contribution in [0.1, 0.15) is 76.3 Å². The van der Waals surface area contributed by atoms with Crippen molar-refractivity contribution in [3.8, 4) is 0 Å². The van der Waals surface area contributed by atoms with Gasteiger partial charge in [-0.1, -0.05) is 24.6 Å². The van der Waals surface area contributed by atoms with Gasteiger partial charge in [-0.05, 0) is 87.9 Å². The second-order valence-electron chi connectivity index (χ2n) is 14.9. The first-order valence-electron chi connectivity index (χ1n) is 18.6. The fourth-order valence-electron chi connectivity index (χ4n) is 7.79. The van der Waals surface area contributed by atoms with Gasteiger partial charge in [0.15, 0.2) is 5.71 Å². The monoisotopic (exact) mass is 902 g/mol. The number of carbonyl (C=O) groups is 1. The highest BCUT2D eigenvalue weighted by Gasteiger charge is 2.48. The molecule has 0 bridgehead atoms. The van der Waals surface area contributed by atoms with Gasteiger partial charge in [0.1, 0.15) is 16.7 Å². The van der Waals surface area contributed by atoms with Crippen LogP contribution in [-0.2, 0) is 60.8 Å². The summed E-state index contributed by atoms with van der Waals surface area (Å²) in [7, 11) is -16.7. The molecular formula is C38H50N2O15S4. The number of allylic oxidation sites excluding steroid dienone is 6. The number of ether oxygens (including phenoxy) is 1. The molecule has 2 unspecified atom stereocenters. The summed E-state index contributed by atoms with van der Waals surface area (Å²) in [5.41, 5.74) is 1.36. The second-order valence-corrected chi connectivity index (χ2v) is 20.9. The lowest BCUT2D eigenvalue weighted by atomic mass is 9.76. The van der Waals surface area contributed by atoms with Crippen LogP contribution in [-0.4, -0.2) is 112 Å². The molecule has 2 aliphatic heterocycles. The Hall–Kier alpha value is -3.80. The minimum absolute atomic E-state index is 0.0121. The van der Waals surface area contributed by atoms with Crippen LogP contribution >= 0.6 is 0 Å². The number of rotatable bonds is 22. The Morgan fingerprint density at radius 3 is 2.05 bits per heavy atom. The number of unbranched alkanes of at least 4 members (excludes halogenated alkanes) is 2. The van der Waals surface area contributed by atoms with Gasteiger partial charge >= 0.3 is 5.97 Å². The summed E-state index contributed by atoms with van der Waals surface area (Å²) >= 11 is 0. The normalized spacial score (nSPS) is 20.7. The van der Waals surface area contributed by atoms with E-state index in [-0.39, 0.29) is 43.7 Å². The molecule has 2 atom stereocenters. The van der Waals surface area contributed by atoms with E-state index in [1.54, 1.807) is 41.9 Å². The van der Waals surface area contributed by atoms with Crippen molar-refractivity contribution >= 4 is 63.5 Å². The minimum atomic E-state index is -4.92. The lowest BCUT2D eigenvalue weighted by molar-refractivity contribution is -0.437. The molecule has 0 radical (unpaired) electrons. The molecule has 2 aromatic rings. The highest BCUT2D eigenvalue weighted by molar-refractivity contribution is 7.86. The van der Waals surface area contributed by atoms with Gasteiger partial charge in [0, 0.05) is 67.6 Å². The fraction of sp³-hybridized carbons (Fsp3) is 0.474. The SMILES string of the molecule is COCCC1(C)C(=CC=CC=CC2=[N+](CCCS(=O)(=O)O)c3ccc(S(=O)(=O)[O-])cc3C2(C)CCCS(=O)(=O)O)N(CCCCCC(=O)O)c2ccc(S(=O)(=O)O)cc21. The molecule has 2 aromatic carbocycles. The van der Waals surface area contributed by atoms with Crippen LogP contribution in [0.15, 0.2) is 82.3 Å². The number of hydrogen-bond acceptors (Lipinski definition) is 12. The quantitative estimate of drug-likeness (QED) is 0.0544. The third-order valence-corrected chi connectivity index (χ3v) is 14.0. The highest BCUT2D eigenvalue weighted by atomic mass is 32.2. The van der Waals surface area contributed by atoms with E-state index in [1.807, 2.05) is 17.9 Å². The van der Waals surface area contributed by atoms with E-state index in [2.05, 4.69) is 0 Å². The van der Waals surface area contributed by atoms with Crippen molar-refractivity contribution in [3.05, 3.63) is 83.6 Å². The van der Waals surface area contributed by atoms with E-state index in [0.717, 1.165) is 11.8 Å². The molecule has 17 nitrogen and oxygen atoms in total.